The molecule has 4 aromatic rings. The van der Waals surface area contributed by atoms with E-state index in [2.05, 4.69) is 28.2 Å². The van der Waals surface area contributed by atoms with Crippen LogP contribution < -0.4 is 19.5 Å². The molecule has 270 valence electrons. The summed E-state index contributed by atoms with van der Waals surface area (Å²) >= 11 is 13.7. The maximum Gasteiger partial charge on any atom is 0.142 e. The van der Waals surface area contributed by atoms with Crippen LogP contribution in [0.5, 0.6) is 17.2 Å². The molecule has 1 aliphatic heterocycles. The Morgan fingerprint density at radius 1 is 0.961 bits per heavy atom. The topological polar surface area (TPSA) is 120 Å². The van der Waals surface area contributed by atoms with Gasteiger partial charge in [-0.05, 0) is 80.1 Å². The van der Waals surface area contributed by atoms with Gasteiger partial charge in [0.25, 0.3) is 0 Å². The number of halogens is 2. The summed E-state index contributed by atoms with van der Waals surface area (Å²) in [6.45, 7) is 8.92. The van der Waals surface area contributed by atoms with Crippen molar-refractivity contribution >= 4 is 23.2 Å². The number of nitriles is 1. The average molecular weight is 734 g/mol. The maximum absolute atomic E-state index is 9.78. The minimum Gasteiger partial charge on any atom is -0.492 e. The van der Waals surface area contributed by atoms with Crippen molar-refractivity contribution in [2.45, 2.75) is 59.0 Å². The first kappa shape index (κ1) is 38.4. The number of piperidine rings is 1. The molecule has 1 unspecified atom stereocenters. The van der Waals surface area contributed by atoms with Gasteiger partial charge in [-0.3, -0.25) is 4.98 Å². The van der Waals surface area contributed by atoms with E-state index in [1.807, 2.05) is 43.3 Å². The SMILES string of the molecule is Cc1c(COc2cc(OCc3cncc(C#N)c3)c(CNCC(O)CO)cc2Cl)cccc1-c1cccc(OCCCN2CCC(C)CC2)c1Cl. The molecule has 0 spiro atoms. The van der Waals surface area contributed by atoms with Crippen LogP contribution >= 0.6 is 23.2 Å². The highest BCUT2D eigenvalue weighted by Gasteiger charge is 2.18. The van der Waals surface area contributed by atoms with Crippen LogP contribution in [0.2, 0.25) is 10.0 Å². The zero-order valence-electron chi connectivity index (χ0n) is 29.2. The van der Waals surface area contributed by atoms with Crippen molar-refractivity contribution in [3.05, 3.63) is 105 Å². The van der Waals surface area contributed by atoms with Gasteiger partial charge in [0.05, 0.1) is 34.9 Å². The molecule has 5 rings (SSSR count). The highest BCUT2D eigenvalue weighted by Crippen LogP contribution is 2.38. The monoisotopic (exact) mass is 732 g/mol. The van der Waals surface area contributed by atoms with Gasteiger partial charge in [-0.25, -0.2) is 0 Å². The Morgan fingerprint density at radius 3 is 2.51 bits per heavy atom. The highest BCUT2D eigenvalue weighted by atomic mass is 35.5. The van der Waals surface area contributed by atoms with Gasteiger partial charge < -0.3 is 34.6 Å². The number of aliphatic hydroxyl groups excluding tert-OH is 2. The van der Waals surface area contributed by atoms with Crippen LogP contribution in [0.4, 0.5) is 0 Å². The number of rotatable bonds is 17. The van der Waals surface area contributed by atoms with Gasteiger partial charge in [-0.1, -0.05) is 60.5 Å². The molecule has 0 saturated carbocycles. The second-order valence-corrected chi connectivity index (χ2v) is 13.8. The van der Waals surface area contributed by atoms with Gasteiger partial charge >= 0.3 is 0 Å². The highest BCUT2D eigenvalue weighted by molar-refractivity contribution is 6.35. The molecule has 2 heterocycles. The molecule has 0 radical (unpaired) electrons. The van der Waals surface area contributed by atoms with Crippen LogP contribution in [0.3, 0.4) is 0 Å². The van der Waals surface area contributed by atoms with Crippen LogP contribution in [0.1, 0.15) is 54.0 Å². The van der Waals surface area contributed by atoms with Crippen LogP contribution in [0.25, 0.3) is 11.1 Å². The van der Waals surface area contributed by atoms with E-state index in [4.69, 9.17) is 37.4 Å². The van der Waals surface area contributed by atoms with Gasteiger partial charge in [-0.15, -0.1) is 0 Å². The van der Waals surface area contributed by atoms with Crippen molar-refractivity contribution < 1.29 is 24.4 Å². The molecule has 3 N–H and O–H groups in total. The number of pyridine rings is 1. The molecular weight excluding hydrogens is 687 g/mol. The Balaban J connectivity index is 1.27. The van der Waals surface area contributed by atoms with Crippen LogP contribution in [-0.2, 0) is 19.8 Å². The van der Waals surface area contributed by atoms with E-state index < -0.39 is 6.10 Å². The Morgan fingerprint density at radius 2 is 1.73 bits per heavy atom. The van der Waals surface area contributed by atoms with E-state index in [1.54, 1.807) is 24.4 Å². The largest absolute Gasteiger partial charge is 0.492 e. The molecule has 1 fully saturated rings. The fourth-order valence-electron chi connectivity index (χ4n) is 6.06. The lowest BCUT2D eigenvalue weighted by molar-refractivity contribution is 0.0941. The van der Waals surface area contributed by atoms with E-state index in [1.165, 1.54) is 19.0 Å². The molecular formula is C40H46Cl2N4O5. The lowest BCUT2D eigenvalue weighted by Crippen LogP contribution is -2.34. The minimum atomic E-state index is -0.894. The van der Waals surface area contributed by atoms with Crippen molar-refractivity contribution in [3.63, 3.8) is 0 Å². The first-order chi connectivity index (χ1) is 24.7. The molecule has 0 amide bonds. The summed E-state index contributed by atoms with van der Waals surface area (Å²) in [5, 5.41) is 32.3. The second kappa shape index (κ2) is 19.1. The number of ether oxygens (including phenoxy) is 3. The molecule has 1 aromatic heterocycles. The summed E-state index contributed by atoms with van der Waals surface area (Å²) in [6, 6.07) is 19.3. The number of hydrogen-bond donors (Lipinski definition) is 3. The lowest BCUT2D eigenvalue weighted by Gasteiger charge is -2.30. The molecule has 3 aromatic carbocycles. The van der Waals surface area contributed by atoms with Gasteiger partial charge in [-0.2, -0.15) is 5.26 Å². The first-order valence-electron chi connectivity index (χ1n) is 17.4. The standard InChI is InChI=1S/C40H46Cl2N4O5/c1-27-10-13-46(14-11-27)12-5-15-49-37-9-4-8-35(40(37)42)34-7-3-6-31(28(34)2)26-51-39-18-38(50-25-30-16-29(19-43)20-44-21-30)32(17-36(39)41)22-45-23-33(48)24-47/h3-4,6-9,16-18,20-21,27,33,45,47-48H,5,10-15,22-26H2,1-2H3. The van der Waals surface area contributed by atoms with Gasteiger partial charge in [0.1, 0.15) is 36.5 Å². The number of nitrogens with zero attached hydrogens (tertiary/aromatic N) is 3. The number of aromatic nitrogens is 1. The Bertz CT molecular complexity index is 1790. The van der Waals surface area contributed by atoms with Crippen LogP contribution in [-0.4, -0.2) is 65.6 Å². The molecule has 51 heavy (non-hydrogen) atoms. The zero-order valence-corrected chi connectivity index (χ0v) is 30.7. The quantitative estimate of drug-likeness (QED) is 0.0959. The van der Waals surface area contributed by atoms with Crippen LogP contribution in [0, 0.1) is 24.2 Å². The minimum absolute atomic E-state index is 0.165. The van der Waals surface area contributed by atoms with Gasteiger partial charge in [0.2, 0.25) is 0 Å². The summed E-state index contributed by atoms with van der Waals surface area (Å²) in [4.78, 5) is 6.64. The molecule has 0 aliphatic carbocycles. The lowest BCUT2D eigenvalue weighted by atomic mass is 9.96. The molecule has 11 heteroatoms. The predicted octanol–water partition coefficient (Wildman–Crippen LogP) is 7.34. The second-order valence-electron chi connectivity index (χ2n) is 13.1. The van der Waals surface area contributed by atoms with Gasteiger partial charge in [0.15, 0.2) is 0 Å². The fraction of sp³-hybridized carbons (Fsp3) is 0.400. The summed E-state index contributed by atoms with van der Waals surface area (Å²) in [7, 11) is 0. The number of nitrogens with one attached hydrogen (secondary N) is 1. The molecule has 1 saturated heterocycles. The molecule has 9 nitrogen and oxygen atoms in total. The van der Waals surface area contributed by atoms with Gasteiger partial charge in [0, 0.05) is 54.8 Å². The normalized spacial score (nSPS) is 14.2. The number of likely N-dealkylation sites (tertiary alicyclic amines) is 1. The van der Waals surface area contributed by atoms with Crippen molar-refractivity contribution in [2.75, 3.05) is 39.4 Å². The summed E-state index contributed by atoms with van der Waals surface area (Å²) in [6.07, 6.45) is 5.73. The molecule has 0 bridgehead atoms. The van der Waals surface area contributed by atoms with Crippen LogP contribution in [0.15, 0.2) is 67.0 Å². The third kappa shape index (κ3) is 10.8. The van der Waals surface area contributed by atoms with Crippen molar-refractivity contribution in [1.29, 1.82) is 5.26 Å². The van der Waals surface area contributed by atoms with E-state index >= 15 is 0 Å². The Labute approximate surface area is 310 Å². The summed E-state index contributed by atoms with van der Waals surface area (Å²) < 4.78 is 18.6. The first-order valence-corrected chi connectivity index (χ1v) is 18.2. The number of aliphatic hydroxyl groups is 2. The Kier molecular flexibility index (Phi) is 14.4. The average Bonchev–Trinajstić information content (AvgIpc) is 3.14. The Hall–Kier alpha value is -3.88. The number of hydrogen-bond acceptors (Lipinski definition) is 9. The summed E-state index contributed by atoms with van der Waals surface area (Å²) in [5.74, 6) is 2.45. The summed E-state index contributed by atoms with van der Waals surface area (Å²) in [5.41, 5.74) is 5.78. The third-order valence-electron chi connectivity index (χ3n) is 9.17. The van der Waals surface area contributed by atoms with E-state index in [-0.39, 0.29) is 26.4 Å². The third-order valence-corrected chi connectivity index (χ3v) is 9.86. The van der Waals surface area contributed by atoms with E-state index in [9.17, 15) is 15.5 Å². The van der Waals surface area contributed by atoms with E-state index in [0.717, 1.165) is 65.4 Å². The number of benzene rings is 3. The maximum atomic E-state index is 9.78. The van der Waals surface area contributed by atoms with Crippen molar-refractivity contribution in [3.8, 4) is 34.4 Å². The predicted molar refractivity (Wildman–Crippen MR) is 200 cm³/mol. The molecule has 1 aliphatic rings. The zero-order chi connectivity index (χ0) is 36.2. The van der Waals surface area contributed by atoms with Crippen molar-refractivity contribution in [2.24, 2.45) is 5.92 Å². The smallest absolute Gasteiger partial charge is 0.142 e. The van der Waals surface area contributed by atoms with E-state index in [0.29, 0.717) is 46.0 Å². The molecule has 1 atom stereocenters. The fourth-order valence-corrected chi connectivity index (χ4v) is 6.58. The van der Waals surface area contributed by atoms with Crippen molar-refractivity contribution in [1.82, 2.24) is 15.2 Å².